The van der Waals surface area contributed by atoms with Gasteiger partial charge in [0.05, 0.1) is 0 Å². The first-order valence-electron chi connectivity index (χ1n) is 7.12. The summed E-state index contributed by atoms with van der Waals surface area (Å²) in [6.07, 6.45) is -0.363. The molecule has 0 saturated heterocycles. The van der Waals surface area contributed by atoms with E-state index < -0.39 is 11.7 Å². The number of rotatable bonds is 5. The second-order valence-electron chi connectivity index (χ2n) is 6.05. The summed E-state index contributed by atoms with van der Waals surface area (Å²) in [5.74, 6) is -0.417. The first kappa shape index (κ1) is 17.9. The highest BCUT2D eigenvalue weighted by Gasteiger charge is 2.16. The van der Waals surface area contributed by atoms with Gasteiger partial charge in [-0.15, -0.1) is 0 Å². The van der Waals surface area contributed by atoms with Crippen molar-refractivity contribution in [3.63, 3.8) is 0 Å². The van der Waals surface area contributed by atoms with E-state index in [1.807, 2.05) is 0 Å². The van der Waals surface area contributed by atoms with Gasteiger partial charge in [0.2, 0.25) is 5.91 Å². The Labute approximate surface area is 130 Å². The van der Waals surface area contributed by atoms with Crippen LogP contribution in [0.3, 0.4) is 0 Å². The molecular weight excluding hydrogens is 287 g/mol. The maximum absolute atomic E-state index is 12.8. The molecule has 0 aliphatic carbocycles. The molecular formula is C16H23FN2O3. The Morgan fingerprint density at radius 1 is 1.23 bits per heavy atom. The minimum absolute atomic E-state index is 0.111. The molecule has 0 aliphatic rings. The predicted molar refractivity (Wildman–Crippen MR) is 81.7 cm³/mol. The number of carbonyl (C=O) groups excluding carboxylic acids is 2. The van der Waals surface area contributed by atoms with Crippen molar-refractivity contribution in [1.29, 1.82) is 0 Å². The summed E-state index contributed by atoms with van der Waals surface area (Å²) < 4.78 is 17.9. The molecule has 0 saturated carbocycles. The summed E-state index contributed by atoms with van der Waals surface area (Å²) in [5.41, 5.74) is 0.283. The average molecular weight is 310 g/mol. The lowest BCUT2D eigenvalue weighted by molar-refractivity contribution is -0.130. The smallest absolute Gasteiger partial charge is 0.407 e. The summed E-state index contributed by atoms with van der Waals surface area (Å²) in [5, 5.41) is 2.54. The van der Waals surface area contributed by atoms with Crippen molar-refractivity contribution in [3.05, 3.63) is 35.6 Å². The Balaban J connectivity index is 2.32. The Bertz CT molecular complexity index is 509. The quantitative estimate of drug-likeness (QED) is 0.909. The predicted octanol–water partition coefficient (Wildman–Crippen LogP) is 2.70. The lowest BCUT2D eigenvalue weighted by atomic mass is 10.2. The van der Waals surface area contributed by atoms with Gasteiger partial charge in [-0.3, -0.25) is 4.79 Å². The minimum Gasteiger partial charge on any atom is -0.444 e. The molecule has 22 heavy (non-hydrogen) atoms. The van der Waals surface area contributed by atoms with Gasteiger partial charge < -0.3 is 15.0 Å². The van der Waals surface area contributed by atoms with Gasteiger partial charge in [0.15, 0.2) is 0 Å². The van der Waals surface area contributed by atoms with Gasteiger partial charge in [-0.2, -0.15) is 0 Å². The Morgan fingerprint density at radius 3 is 2.36 bits per heavy atom. The summed E-state index contributed by atoms with van der Waals surface area (Å²) in [6, 6.07) is 5.99. The zero-order valence-corrected chi connectivity index (χ0v) is 13.5. The number of alkyl carbamates (subject to hydrolysis) is 1. The molecule has 1 N–H and O–H groups in total. The van der Waals surface area contributed by atoms with Crippen molar-refractivity contribution >= 4 is 12.0 Å². The molecule has 0 spiro atoms. The summed E-state index contributed by atoms with van der Waals surface area (Å²) in [6.45, 7) is 5.92. The molecule has 0 fully saturated rings. The number of hydrogen-bond acceptors (Lipinski definition) is 3. The fourth-order valence-electron chi connectivity index (χ4n) is 1.73. The Morgan fingerprint density at radius 2 is 1.82 bits per heavy atom. The molecule has 5 nitrogen and oxygen atoms in total. The number of amides is 2. The second kappa shape index (κ2) is 7.77. The van der Waals surface area contributed by atoms with E-state index in [-0.39, 0.29) is 24.7 Å². The largest absolute Gasteiger partial charge is 0.444 e. The second-order valence-corrected chi connectivity index (χ2v) is 6.05. The third-order valence-corrected chi connectivity index (χ3v) is 2.77. The highest BCUT2D eigenvalue weighted by Crippen LogP contribution is 2.07. The summed E-state index contributed by atoms with van der Waals surface area (Å²) in [7, 11) is 1.67. The monoisotopic (exact) mass is 310 g/mol. The van der Waals surface area contributed by atoms with Gasteiger partial charge in [-0.05, 0) is 38.5 Å². The van der Waals surface area contributed by atoms with Crippen LogP contribution in [0, 0.1) is 5.82 Å². The topological polar surface area (TPSA) is 58.6 Å². The van der Waals surface area contributed by atoms with Crippen LogP contribution in [0.5, 0.6) is 0 Å². The van der Waals surface area contributed by atoms with E-state index in [0.29, 0.717) is 6.54 Å². The van der Waals surface area contributed by atoms with Crippen molar-refractivity contribution in [1.82, 2.24) is 10.2 Å². The van der Waals surface area contributed by atoms with E-state index in [0.717, 1.165) is 5.56 Å². The van der Waals surface area contributed by atoms with Crippen LogP contribution in [0.2, 0.25) is 0 Å². The van der Waals surface area contributed by atoms with Crippen LogP contribution in [0.15, 0.2) is 24.3 Å². The zero-order valence-electron chi connectivity index (χ0n) is 13.5. The fraction of sp³-hybridized carbons (Fsp3) is 0.500. The molecule has 6 heteroatoms. The van der Waals surface area contributed by atoms with Crippen molar-refractivity contribution < 1.29 is 18.7 Å². The minimum atomic E-state index is -0.562. The van der Waals surface area contributed by atoms with Gasteiger partial charge in [-0.25, -0.2) is 9.18 Å². The number of halogens is 1. The Hall–Kier alpha value is -2.11. The van der Waals surface area contributed by atoms with Gasteiger partial charge >= 0.3 is 6.09 Å². The van der Waals surface area contributed by atoms with Crippen molar-refractivity contribution in [2.24, 2.45) is 0 Å². The van der Waals surface area contributed by atoms with Crippen LogP contribution in [-0.2, 0) is 16.1 Å². The number of ether oxygens (including phenoxy) is 1. The lowest BCUT2D eigenvalue weighted by Crippen LogP contribution is -2.35. The highest BCUT2D eigenvalue weighted by molar-refractivity contribution is 5.77. The fourth-order valence-corrected chi connectivity index (χ4v) is 1.73. The standard InChI is InChI=1S/C16H23FN2O3/c1-16(2,3)22-15(21)18-10-9-14(20)19(4)11-12-5-7-13(17)8-6-12/h5-8H,9-11H2,1-4H3,(H,18,21). The SMILES string of the molecule is CN(Cc1ccc(F)cc1)C(=O)CCNC(=O)OC(C)(C)C. The molecule has 1 rings (SSSR count). The van der Waals surface area contributed by atoms with Crippen LogP contribution in [0.25, 0.3) is 0 Å². The summed E-state index contributed by atoms with van der Waals surface area (Å²) in [4.78, 5) is 24.9. The molecule has 122 valence electrons. The third kappa shape index (κ3) is 7.06. The molecule has 0 aromatic heterocycles. The van der Waals surface area contributed by atoms with Gasteiger partial charge in [0.25, 0.3) is 0 Å². The number of benzene rings is 1. The number of nitrogens with zero attached hydrogens (tertiary/aromatic N) is 1. The van der Waals surface area contributed by atoms with Crippen molar-refractivity contribution in [2.75, 3.05) is 13.6 Å². The third-order valence-electron chi connectivity index (χ3n) is 2.77. The lowest BCUT2D eigenvalue weighted by Gasteiger charge is -2.20. The highest BCUT2D eigenvalue weighted by atomic mass is 19.1. The van der Waals surface area contributed by atoms with Crippen molar-refractivity contribution in [3.8, 4) is 0 Å². The molecule has 0 heterocycles. The molecule has 2 amide bonds. The van der Waals surface area contributed by atoms with E-state index in [1.165, 1.54) is 17.0 Å². The van der Waals surface area contributed by atoms with Crippen LogP contribution < -0.4 is 5.32 Å². The first-order valence-corrected chi connectivity index (χ1v) is 7.12. The maximum Gasteiger partial charge on any atom is 0.407 e. The van der Waals surface area contributed by atoms with Gasteiger partial charge in [0, 0.05) is 26.6 Å². The average Bonchev–Trinajstić information content (AvgIpc) is 2.39. The first-order chi connectivity index (χ1) is 10.2. The maximum atomic E-state index is 12.8. The number of nitrogens with one attached hydrogen (secondary N) is 1. The Kier molecular flexibility index (Phi) is 6.34. The molecule has 0 radical (unpaired) electrons. The molecule has 0 aliphatic heterocycles. The number of carbonyl (C=O) groups is 2. The molecule has 1 aromatic rings. The molecule has 1 aromatic carbocycles. The van der Waals surface area contributed by atoms with E-state index in [4.69, 9.17) is 4.74 Å². The van der Waals surface area contributed by atoms with Gasteiger partial charge in [-0.1, -0.05) is 12.1 Å². The zero-order chi connectivity index (χ0) is 16.8. The van der Waals surface area contributed by atoms with Crippen LogP contribution in [0.4, 0.5) is 9.18 Å². The van der Waals surface area contributed by atoms with Crippen LogP contribution in [-0.4, -0.2) is 36.1 Å². The van der Waals surface area contributed by atoms with Gasteiger partial charge in [0.1, 0.15) is 11.4 Å². The van der Waals surface area contributed by atoms with E-state index in [1.54, 1.807) is 40.0 Å². The van der Waals surface area contributed by atoms with Crippen LogP contribution in [0.1, 0.15) is 32.8 Å². The molecule has 0 atom stereocenters. The molecule has 0 unspecified atom stereocenters. The normalized spacial score (nSPS) is 11.0. The van der Waals surface area contributed by atoms with E-state index in [2.05, 4.69) is 5.32 Å². The number of hydrogen-bond donors (Lipinski definition) is 1. The van der Waals surface area contributed by atoms with Crippen LogP contribution >= 0.6 is 0 Å². The van der Waals surface area contributed by atoms with E-state index in [9.17, 15) is 14.0 Å². The summed E-state index contributed by atoms with van der Waals surface area (Å²) >= 11 is 0. The molecule has 0 bridgehead atoms. The van der Waals surface area contributed by atoms with E-state index >= 15 is 0 Å². The van der Waals surface area contributed by atoms with Crippen molar-refractivity contribution in [2.45, 2.75) is 39.3 Å².